The average molecular weight is 256 g/mol. The van der Waals surface area contributed by atoms with Crippen LogP contribution in [-0.2, 0) is 0 Å². The van der Waals surface area contributed by atoms with Gasteiger partial charge in [0.25, 0.3) is 0 Å². The van der Waals surface area contributed by atoms with Gasteiger partial charge in [0.15, 0.2) is 0 Å². The molecule has 0 fully saturated rings. The van der Waals surface area contributed by atoms with E-state index in [4.69, 9.17) is 5.11 Å². The van der Waals surface area contributed by atoms with Crippen LogP contribution in [0.4, 0.5) is 0 Å². The first-order valence-electron chi connectivity index (χ1n) is 3.98. The molecule has 0 heterocycles. The third kappa shape index (κ3) is 6.81. The lowest BCUT2D eigenvalue weighted by Crippen LogP contribution is -1.95. The summed E-state index contributed by atoms with van der Waals surface area (Å²) in [7, 11) is 0. The smallest absolute Gasteiger partial charge is 0.0431 e. The van der Waals surface area contributed by atoms with Crippen molar-refractivity contribution in [3.05, 3.63) is 0 Å². The Morgan fingerprint density at radius 3 is 2.50 bits per heavy atom. The molecule has 0 aliphatic carbocycles. The van der Waals surface area contributed by atoms with Crippen LogP contribution in [0.5, 0.6) is 0 Å². The van der Waals surface area contributed by atoms with E-state index in [0.29, 0.717) is 6.61 Å². The Hall–Kier alpha value is 0.690. The third-order valence-electron chi connectivity index (χ3n) is 1.71. The fourth-order valence-corrected chi connectivity index (χ4v) is 2.00. The highest BCUT2D eigenvalue weighted by Gasteiger charge is 1.99. The Kier molecular flexibility index (Phi) is 8.33. The number of aliphatic hydroxyl groups excluding tert-OH is 1. The minimum absolute atomic E-state index is 0.358. The Bertz CT molecular complexity index is 66.3. The van der Waals surface area contributed by atoms with Gasteiger partial charge < -0.3 is 5.11 Å². The molecule has 0 aromatic rings. The molecule has 0 aliphatic rings. The van der Waals surface area contributed by atoms with Crippen molar-refractivity contribution >= 4 is 22.6 Å². The number of hydrogen-bond donors (Lipinski definition) is 1. The number of aliphatic hydroxyl groups is 1. The fourth-order valence-electron chi connectivity index (χ4n) is 0.935. The van der Waals surface area contributed by atoms with E-state index >= 15 is 0 Å². The second-order valence-corrected chi connectivity index (χ2v) is 3.88. The SMILES string of the molecule is C[C@@H](CCI)CCCCO. The molecule has 0 amide bonds. The van der Waals surface area contributed by atoms with E-state index in [1.165, 1.54) is 23.7 Å². The fraction of sp³-hybridized carbons (Fsp3) is 1.00. The maximum Gasteiger partial charge on any atom is 0.0431 e. The Morgan fingerprint density at radius 1 is 1.30 bits per heavy atom. The van der Waals surface area contributed by atoms with Crippen molar-refractivity contribution in [1.82, 2.24) is 0 Å². The van der Waals surface area contributed by atoms with Crippen molar-refractivity contribution in [3.8, 4) is 0 Å². The molecule has 1 N–H and O–H groups in total. The summed E-state index contributed by atoms with van der Waals surface area (Å²) in [6.45, 7) is 2.65. The largest absolute Gasteiger partial charge is 0.396 e. The number of rotatable bonds is 6. The highest BCUT2D eigenvalue weighted by atomic mass is 127. The highest BCUT2D eigenvalue weighted by Crippen LogP contribution is 2.12. The summed E-state index contributed by atoms with van der Waals surface area (Å²) < 4.78 is 1.26. The standard InChI is InChI=1S/C8H17IO/c1-8(5-6-9)4-2-3-7-10/h8,10H,2-7H2,1H3/t8-/m1/s1. The first kappa shape index (κ1) is 10.7. The Morgan fingerprint density at radius 2 is 2.00 bits per heavy atom. The molecule has 0 rings (SSSR count). The average Bonchev–Trinajstić information content (AvgIpc) is 1.89. The predicted molar refractivity (Wildman–Crippen MR) is 53.6 cm³/mol. The molecule has 0 saturated heterocycles. The van der Waals surface area contributed by atoms with Crippen LogP contribution in [0, 0.1) is 5.92 Å². The van der Waals surface area contributed by atoms with Crippen LogP contribution in [-0.4, -0.2) is 16.1 Å². The molecule has 62 valence electrons. The van der Waals surface area contributed by atoms with Gasteiger partial charge >= 0.3 is 0 Å². The monoisotopic (exact) mass is 256 g/mol. The van der Waals surface area contributed by atoms with Crippen LogP contribution in [0.25, 0.3) is 0 Å². The molecule has 0 aromatic heterocycles. The van der Waals surface area contributed by atoms with Crippen molar-refractivity contribution in [2.75, 3.05) is 11.0 Å². The molecule has 2 heteroatoms. The summed E-state index contributed by atoms with van der Waals surface area (Å²) in [6.07, 6.45) is 4.77. The molecule has 0 spiro atoms. The van der Waals surface area contributed by atoms with Crippen molar-refractivity contribution in [2.45, 2.75) is 32.6 Å². The van der Waals surface area contributed by atoms with Gasteiger partial charge in [0.05, 0.1) is 0 Å². The topological polar surface area (TPSA) is 20.2 Å². The minimum atomic E-state index is 0.358. The first-order chi connectivity index (χ1) is 4.81. The molecule has 0 bridgehead atoms. The molecule has 0 radical (unpaired) electrons. The van der Waals surface area contributed by atoms with Crippen LogP contribution in [0.1, 0.15) is 32.6 Å². The van der Waals surface area contributed by atoms with Crippen LogP contribution >= 0.6 is 22.6 Å². The number of unbranched alkanes of at least 4 members (excludes halogenated alkanes) is 1. The van der Waals surface area contributed by atoms with Gasteiger partial charge in [-0.2, -0.15) is 0 Å². The van der Waals surface area contributed by atoms with Gasteiger partial charge in [-0.25, -0.2) is 0 Å². The zero-order valence-electron chi connectivity index (χ0n) is 6.65. The molecule has 1 atom stereocenters. The maximum atomic E-state index is 8.51. The van der Waals surface area contributed by atoms with E-state index in [-0.39, 0.29) is 0 Å². The van der Waals surface area contributed by atoms with E-state index in [2.05, 4.69) is 29.5 Å². The lowest BCUT2D eigenvalue weighted by molar-refractivity contribution is 0.278. The van der Waals surface area contributed by atoms with Gasteiger partial charge in [0.2, 0.25) is 0 Å². The Balaban J connectivity index is 2.97. The number of alkyl halides is 1. The van der Waals surface area contributed by atoms with Crippen molar-refractivity contribution in [3.63, 3.8) is 0 Å². The van der Waals surface area contributed by atoms with E-state index in [9.17, 15) is 0 Å². The van der Waals surface area contributed by atoms with Crippen molar-refractivity contribution in [2.24, 2.45) is 5.92 Å². The first-order valence-corrected chi connectivity index (χ1v) is 5.50. The summed E-state index contributed by atoms with van der Waals surface area (Å²) in [5, 5.41) is 8.51. The van der Waals surface area contributed by atoms with E-state index in [1.807, 2.05) is 0 Å². The van der Waals surface area contributed by atoms with Gasteiger partial charge in [0, 0.05) is 6.61 Å². The van der Waals surface area contributed by atoms with Crippen molar-refractivity contribution < 1.29 is 5.11 Å². The Labute approximate surface area is 77.3 Å². The van der Waals surface area contributed by atoms with Crippen molar-refractivity contribution in [1.29, 1.82) is 0 Å². The second-order valence-electron chi connectivity index (χ2n) is 2.80. The molecular formula is C8H17IO. The summed E-state index contributed by atoms with van der Waals surface area (Å²) in [5.74, 6) is 0.850. The van der Waals surface area contributed by atoms with Gasteiger partial charge in [-0.1, -0.05) is 42.4 Å². The molecular weight excluding hydrogens is 239 g/mol. The van der Waals surface area contributed by atoms with E-state index in [0.717, 1.165) is 12.3 Å². The zero-order valence-corrected chi connectivity index (χ0v) is 8.80. The lowest BCUT2D eigenvalue weighted by atomic mass is 10.0. The second kappa shape index (κ2) is 7.79. The van der Waals surface area contributed by atoms with Crippen LogP contribution in [0.3, 0.4) is 0 Å². The van der Waals surface area contributed by atoms with Gasteiger partial charge in [-0.05, 0) is 23.2 Å². The van der Waals surface area contributed by atoms with Gasteiger partial charge in [-0.15, -0.1) is 0 Å². The summed E-state index contributed by atoms with van der Waals surface area (Å²) in [4.78, 5) is 0. The van der Waals surface area contributed by atoms with Crippen LogP contribution < -0.4 is 0 Å². The highest BCUT2D eigenvalue weighted by molar-refractivity contribution is 14.1. The summed E-state index contributed by atoms with van der Waals surface area (Å²) in [5.41, 5.74) is 0. The summed E-state index contributed by atoms with van der Waals surface area (Å²) >= 11 is 2.41. The molecule has 0 aromatic carbocycles. The molecule has 0 saturated carbocycles. The minimum Gasteiger partial charge on any atom is -0.396 e. The zero-order chi connectivity index (χ0) is 7.82. The maximum absolute atomic E-state index is 8.51. The quantitative estimate of drug-likeness (QED) is 0.440. The third-order valence-corrected chi connectivity index (χ3v) is 2.33. The van der Waals surface area contributed by atoms with Crippen LogP contribution in [0.15, 0.2) is 0 Å². The van der Waals surface area contributed by atoms with E-state index < -0.39 is 0 Å². The van der Waals surface area contributed by atoms with Gasteiger partial charge in [-0.3, -0.25) is 0 Å². The predicted octanol–water partition coefficient (Wildman–Crippen LogP) is 2.61. The molecule has 10 heavy (non-hydrogen) atoms. The molecule has 1 nitrogen and oxygen atoms in total. The number of hydrogen-bond acceptors (Lipinski definition) is 1. The lowest BCUT2D eigenvalue weighted by Gasteiger charge is -2.07. The molecule has 0 unspecified atom stereocenters. The van der Waals surface area contributed by atoms with E-state index in [1.54, 1.807) is 0 Å². The number of halogens is 1. The van der Waals surface area contributed by atoms with Gasteiger partial charge in [0.1, 0.15) is 0 Å². The normalized spacial score (nSPS) is 13.5. The molecule has 0 aliphatic heterocycles. The summed E-state index contributed by atoms with van der Waals surface area (Å²) in [6, 6.07) is 0. The van der Waals surface area contributed by atoms with Crippen LogP contribution in [0.2, 0.25) is 0 Å².